The Labute approximate surface area is 143 Å². The van der Waals surface area contributed by atoms with E-state index in [-0.39, 0.29) is 0 Å². The van der Waals surface area contributed by atoms with Gasteiger partial charge in [0, 0.05) is 43.4 Å². The Hall–Kier alpha value is -1.24. The Balaban J connectivity index is 1.43. The highest BCUT2D eigenvalue weighted by Gasteiger charge is 2.31. The first-order valence-electron chi connectivity index (χ1n) is 9.27. The molecule has 2 N–H and O–H groups in total. The van der Waals surface area contributed by atoms with E-state index in [2.05, 4.69) is 10.2 Å². The topological polar surface area (TPSA) is 70.5 Å². The highest BCUT2D eigenvalue weighted by atomic mass is 16.5. The van der Waals surface area contributed by atoms with Crippen molar-refractivity contribution in [3.63, 3.8) is 0 Å². The first kappa shape index (κ1) is 16.2. The zero-order valence-electron chi connectivity index (χ0n) is 14.6. The second kappa shape index (κ2) is 6.58. The van der Waals surface area contributed by atoms with E-state index in [9.17, 15) is 5.11 Å². The standard InChI is InChI=1S/C18H28N4O2/c1-18(23,12-22-7-9-24-10-8-22)11-19-17-14-3-2-4-15(14)20-16(21-17)13-5-6-13/h13,23H,2-12H2,1H3,(H,19,20,21)/t18-/m1/s1. The van der Waals surface area contributed by atoms with Gasteiger partial charge in [-0.25, -0.2) is 9.97 Å². The second-order valence-electron chi connectivity index (χ2n) is 7.72. The smallest absolute Gasteiger partial charge is 0.134 e. The lowest BCUT2D eigenvalue weighted by Crippen LogP contribution is -2.49. The van der Waals surface area contributed by atoms with Crippen molar-refractivity contribution in [2.75, 3.05) is 44.7 Å². The number of hydrogen-bond donors (Lipinski definition) is 2. The summed E-state index contributed by atoms with van der Waals surface area (Å²) in [5.41, 5.74) is 1.71. The normalized spacial score (nSPS) is 23.8. The van der Waals surface area contributed by atoms with Crippen molar-refractivity contribution in [1.82, 2.24) is 14.9 Å². The van der Waals surface area contributed by atoms with Gasteiger partial charge in [0.05, 0.1) is 18.8 Å². The number of aliphatic hydroxyl groups is 1. The molecule has 0 amide bonds. The van der Waals surface area contributed by atoms with Crippen LogP contribution in [0.2, 0.25) is 0 Å². The molecule has 1 saturated carbocycles. The van der Waals surface area contributed by atoms with Gasteiger partial charge < -0.3 is 15.2 Å². The Bertz CT molecular complexity index is 595. The highest BCUT2D eigenvalue weighted by molar-refractivity contribution is 5.49. The van der Waals surface area contributed by atoms with Crippen molar-refractivity contribution in [2.24, 2.45) is 0 Å². The molecule has 0 bridgehead atoms. The molecule has 1 aliphatic heterocycles. The molecule has 6 heteroatoms. The third kappa shape index (κ3) is 3.71. The average molecular weight is 332 g/mol. The van der Waals surface area contributed by atoms with Crippen molar-refractivity contribution in [3.8, 4) is 0 Å². The van der Waals surface area contributed by atoms with Gasteiger partial charge in [-0.3, -0.25) is 4.90 Å². The van der Waals surface area contributed by atoms with Crippen LogP contribution in [0.25, 0.3) is 0 Å². The molecule has 0 spiro atoms. The number of rotatable bonds is 6. The zero-order valence-corrected chi connectivity index (χ0v) is 14.6. The van der Waals surface area contributed by atoms with Gasteiger partial charge in [0.25, 0.3) is 0 Å². The van der Waals surface area contributed by atoms with Crippen LogP contribution in [0.3, 0.4) is 0 Å². The minimum Gasteiger partial charge on any atom is -0.387 e. The Morgan fingerprint density at radius 1 is 1.25 bits per heavy atom. The minimum absolute atomic E-state index is 0.512. The maximum absolute atomic E-state index is 10.8. The number of nitrogens with one attached hydrogen (secondary N) is 1. The van der Waals surface area contributed by atoms with Gasteiger partial charge in [0.15, 0.2) is 0 Å². The van der Waals surface area contributed by atoms with Gasteiger partial charge in [0.1, 0.15) is 11.6 Å². The molecule has 0 radical (unpaired) electrons. The molecule has 3 aliphatic rings. The first-order chi connectivity index (χ1) is 11.6. The molecule has 0 aromatic carbocycles. The van der Waals surface area contributed by atoms with Crippen LogP contribution in [-0.4, -0.2) is 65.0 Å². The molecule has 2 aliphatic carbocycles. The maximum Gasteiger partial charge on any atom is 0.134 e. The lowest BCUT2D eigenvalue weighted by atomic mass is 10.1. The molecule has 1 aromatic rings. The van der Waals surface area contributed by atoms with Gasteiger partial charge in [-0.15, -0.1) is 0 Å². The molecule has 0 unspecified atom stereocenters. The van der Waals surface area contributed by atoms with E-state index in [0.29, 0.717) is 19.0 Å². The molecule has 132 valence electrons. The average Bonchev–Trinajstić information content (AvgIpc) is 3.31. The van der Waals surface area contributed by atoms with E-state index in [1.54, 1.807) is 0 Å². The van der Waals surface area contributed by atoms with Crippen LogP contribution in [0.15, 0.2) is 0 Å². The summed E-state index contributed by atoms with van der Waals surface area (Å²) >= 11 is 0. The predicted molar refractivity (Wildman–Crippen MR) is 92.4 cm³/mol. The first-order valence-corrected chi connectivity index (χ1v) is 9.27. The SMILES string of the molecule is C[C@@](O)(CNc1nc(C2CC2)nc2c1CCC2)CN1CCOCC1. The Morgan fingerprint density at radius 3 is 2.79 bits per heavy atom. The summed E-state index contributed by atoms with van der Waals surface area (Å²) in [6.07, 6.45) is 5.71. The molecule has 1 aromatic heterocycles. The summed E-state index contributed by atoms with van der Waals surface area (Å²) in [6.45, 7) is 6.37. The number of hydrogen-bond acceptors (Lipinski definition) is 6. The number of morpholine rings is 1. The number of nitrogens with zero attached hydrogens (tertiary/aromatic N) is 3. The van der Waals surface area contributed by atoms with Gasteiger partial charge in [-0.1, -0.05) is 0 Å². The monoisotopic (exact) mass is 332 g/mol. The molecular weight excluding hydrogens is 304 g/mol. The lowest BCUT2D eigenvalue weighted by molar-refractivity contribution is -0.0164. The van der Waals surface area contributed by atoms with E-state index < -0.39 is 5.60 Å². The fourth-order valence-electron chi connectivity index (χ4n) is 3.69. The maximum atomic E-state index is 10.8. The number of aromatic nitrogens is 2. The van der Waals surface area contributed by atoms with Crippen molar-refractivity contribution in [2.45, 2.75) is 50.5 Å². The van der Waals surface area contributed by atoms with Crippen molar-refractivity contribution in [1.29, 1.82) is 0 Å². The highest BCUT2D eigenvalue weighted by Crippen LogP contribution is 2.40. The number of β-amino-alcohol motifs (C(OH)–C–C–N with tert-alkyl or cyclic N) is 1. The quantitative estimate of drug-likeness (QED) is 0.819. The molecular formula is C18H28N4O2. The molecule has 1 atom stereocenters. The molecule has 4 rings (SSSR count). The summed E-state index contributed by atoms with van der Waals surface area (Å²) in [7, 11) is 0. The largest absolute Gasteiger partial charge is 0.387 e. The molecule has 1 saturated heterocycles. The fraction of sp³-hybridized carbons (Fsp3) is 0.778. The van der Waals surface area contributed by atoms with Crippen LogP contribution >= 0.6 is 0 Å². The second-order valence-corrected chi connectivity index (χ2v) is 7.72. The summed E-state index contributed by atoms with van der Waals surface area (Å²) < 4.78 is 5.38. The zero-order chi connectivity index (χ0) is 16.6. The summed E-state index contributed by atoms with van der Waals surface area (Å²) in [5.74, 6) is 2.53. The molecule has 2 heterocycles. The summed E-state index contributed by atoms with van der Waals surface area (Å²) in [5, 5.41) is 14.2. The Kier molecular flexibility index (Phi) is 4.45. The van der Waals surface area contributed by atoms with Gasteiger partial charge in [-0.2, -0.15) is 0 Å². The van der Waals surface area contributed by atoms with E-state index in [4.69, 9.17) is 14.7 Å². The van der Waals surface area contributed by atoms with Gasteiger partial charge in [-0.05, 0) is 39.0 Å². The van der Waals surface area contributed by atoms with Crippen molar-refractivity contribution in [3.05, 3.63) is 17.1 Å². The number of aryl methyl sites for hydroxylation is 1. The van der Waals surface area contributed by atoms with Crippen LogP contribution in [-0.2, 0) is 17.6 Å². The molecule has 6 nitrogen and oxygen atoms in total. The minimum atomic E-state index is -0.784. The van der Waals surface area contributed by atoms with Crippen molar-refractivity contribution < 1.29 is 9.84 Å². The summed E-state index contributed by atoms with van der Waals surface area (Å²) in [4.78, 5) is 11.8. The van der Waals surface area contributed by atoms with E-state index >= 15 is 0 Å². The number of anilines is 1. The fourth-order valence-corrected chi connectivity index (χ4v) is 3.69. The molecule has 2 fully saturated rings. The van der Waals surface area contributed by atoms with Crippen LogP contribution < -0.4 is 5.32 Å². The van der Waals surface area contributed by atoms with E-state index in [1.165, 1.54) is 24.1 Å². The number of fused-ring (bicyclic) bond motifs is 1. The van der Waals surface area contributed by atoms with Gasteiger partial charge >= 0.3 is 0 Å². The van der Waals surface area contributed by atoms with Crippen LogP contribution in [0, 0.1) is 0 Å². The van der Waals surface area contributed by atoms with E-state index in [1.807, 2.05) is 6.92 Å². The van der Waals surface area contributed by atoms with E-state index in [0.717, 1.165) is 57.2 Å². The lowest BCUT2D eigenvalue weighted by Gasteiger charge is -2.34. The Morgan fingerprint density at radius 2 is 2.04 bits per heavy atom. The third-order valence-electron chi connectivity index (χ3n) is 5.20. The van der Waals surface area contributed by atoms with Crippen molar-refractivity contribution >= 4 is 5.82 Å². The van der Waals surface area contributed by atoms with Crippen LogP contribution in [0.5, 0.6) is 0 Å². The van der Waals surface area contributed by atoms with Gasteiger partial charge in [0.2, 0.25) is 0 Å². The molecule has 24 heavy (non-hydrogen) atoms. The number of ether oxygens (including phenoxy) is 1. The third-order valence-corrected chi connectivity index (χ3v) is 5.20. The summed E-state index contributed by atoms with van der Waals surface area (Å²) in [6, 6.07) is 0. The van der Waals surface area contributed by atoms with Crippen LogP contribution in [0.1, 0.15) is 49.2 Å². The predicted octanol–water partition coefficient (Wildman–Crippen LogP) is 1.34. The van der Waals surface area contributed by atoms with Crippen LogP contribution in [0.4, 0.5) is 5.82 Å².